The summed E-state index contributed by atoms with van der Waals surface area (Å²) < 4.78 is 11.7. The molecule has 0 amide bonds. The number of hydrogen-bond acceptors (Lipinski definition) is 7. The molecule has 8 heteroatoms. The lowest BCUT2D eigenvalue weighted by atomic mass is 9.90. The average molecular weight is 545 g/mol. The van der Waals surface area contributed by atoms with Crippen molar-refractivity contribution in [2.45, 2.75) is 55.2 Å². The van der Waals surface area contributed by atoms with Crippen LogP contribution < -0.4 is 4.74 Å². The molecule has 4 N–H and O–H groups in total. The van der Waals surface area contributed by atoms with Crippen molar-refractivity contribution in [1.82, 2.24) is 0 Å². The topological polar surface area (TPSA) is 99.4 Å². The Hall–Kier alpha value is -2.10. The summed E-state index contributed by atoms with van der Waals surface area (Å²) in [5.74, 6) is 1.19. The fraction of sp³-hybridized carbons (Fsp3) is 0.379. The molecule has 1 saturated heterocycles. The molecule has 1 heterocycles. The van der Waals surface area contributed by atoms with Crippen molar-refractivity contribution < 1.29 is 29.9 Å². The number of thioether (sulfide) groups is 1. The third-order valence-corrected chi connectivity index (χ3v) is 7.90. The second-order valence-corrected chi connectivity index (χ2v) is 10.6. The first-order valence-corrected chi connectivity index (χ1v) is 13.8. The Balaban J connectivity index is 1.49. The van der Waals surface area contributed by atoms with Crippen molar-refractivity contribution >= 4 is 23.4 Å². The molecule has 1 aliphatic rings. The summed E-state index contributed by atoms with van der Waals surface area (Å²) in [5, 5.41) is 41.8. The van der Waals surface area contributed by atoms with E-state index in [1.165, 1.54) is 11.8 Å². The van der Waals surface area contributed by atoms with Crippen LogP contribution in [0, 0.1) is 0 Å². The van der Waals surface area contributed by atoms with Crippen LogP contribution in [-0.4, -0.2) is 63.8 Å². The van der Waals surface area contributed by atoms with E-state index in [2.05, 4.69) is 0 Å². The van der Waals surface area contributed by atoms with Crippen LogP contribution >= 0.6 is 23.4 Å². The van der Waals surface area contributed by atoms with Gasteiger partial charge in [0.05, 0.1) is 12.7 Å². The van der Waals surface area contributed by atoms with E-state index < -0.39 is 30.5 Å². The van der Waals surface area contributed by atoms with Crippen molar-refractivity contribution in [1.29, 1.82) is 0 Å². The molecule has 0 aliphatic carbocycles. The first kappa shape index (κ1) is 27.9. The predicted octanol–water partition coefficient (Wildman–Crippen LogP) is 4.18. The van der Waals surface area contributed by atoms with E-state index in [0.29, 0.717) is 35.8 Å². The Morgan fingerprint density at radius 1 is 0.919 bits per heavy atom. The Morgan fingerprint density at radius 3 is 2.43 bits per heavy atom. The summed E-state index contributed by atoms with van der Waals surface area (Å²) in [4.78, 5) is 0.975. The minimum atomic E-state index is -1.35. The largest absolute Gasteiger partial charge is 0.494 e. The second-order valence-electron chi connectivity index (χ2n) is 9.10. The van der Waals surface area contributed by atoms with Crippen molar-refractivity contribution in [2.75, 3.05) is 19.0 Å². The molecule has 0 aromatic heterocycles. The normalized spacial score (nSPS) is 23.7. The van der Waals surface area contributed by atoms with Gasteiger partial charge in [-0.15, -0.1) is 11.8 Å². The third kappa shape index (κ3) is 7.06. The Kier molecular flexibility index (Phi) is 9.90. The van der Waals surface area contributed by atoms with Gasteiger partial charge in [0, 0.05) is 22.3 Å². The average Bonchev–Trinajstić information content (AvgIpc) is 2.90. The molecule has 3 aromatic rings. The van der Waals surface area contributed by atoms with Crippen LogP contribution in [0.4, 0.5) is 0 Å². The van der Waals surface area contributed by atoms with Gasteiger partial charge in [-0.1, -0.05) is 48.0 Å². The summed E-state index contributed by atoms with van der Waals surface area (Å²) in [6, 6.07) is 21.1. The van der Waals surface area contributed by atoms with E-state index in [1.807, 2.05) is 61.5 Å². The number of ether oxygens (including phenoxy) is 2. The van der Waals surface area contributed by atoms with Gasteiger partial charge in [0.2, 0.25) is 0 Å². The van der Waals surface area contributed by atoms with Gasteiger partial charge >= 0.3 is 0 Å². The van der Waals surface area contributed by atoms with Gasteiger partial charge in [-0.2, -0.15) is 0 Å². The van der Waals surface area contributed by atoms with Crippen molar-refractivity contribution in [3.8, 4) is 5.75 Å². The lowest BCUT2D eigenvalue weighted by molar-refractivity contribution is -0.218. The molecule has 0 bridgehead atoms. The maximum Gasteiger partial charge on any atom is 0.119 e. The smallest absolute Gasteiger partial charge is 0.119 e. The summed E-state index contributed by atoms with van der Waals surface area (Å²) in [6.07, 6.45) is -4.23. The molecular weight excluding hydrogens is 512 g/mol. The number of halogens is 1. The third-order valence-electron chi connectivity index (χ3n) is 6.45. The fourth-order valence-electron chi connectivity index (χ4n) is 4.46. The van der Waals surface area contributed by atoms with E-state index in [-0.39, 0.29) is 6.61 Å². The van der Waals surface area contributed by atoms with Gasteiger partial charge in [0.25, 0.3) is 0 Å². The summed E-state index contributed by atoms with van der Waals surface area (Å²) in [7, 11) is 0. The highest BCUT2D eigenvalue weighted by atomic mass is 35.5. The SMILES string of the molecule is CCOc1ccc(Cc2cc([C@@H]3O[C@H](CSc4cccc(CCO)c4)[C@@H](O)[C@H](O)[C@H]3O)ccc2Cl)cc1. The summed E-state index contributed by atoms with van der Waals surface area (Å²) in [5.41, 5.74) is 3.63. The van der Waals surface area contributed by atoms with Gasteiger partial charge < -0.3 is 29.9 Å². The molecule has 5 atom stereocenters. The van der Waals surface area contributed by atoms with E-state index in [1.54, 1.807) is 12.1 Å². The number of aliphatic hydroxyl groups is 4. The molecule has 1 aliphatic heterocycles. The first-order chi connectivity index (χ1) is 17.9. The lowest BCUT2D eigenvalue weighted by Crippen LogP contribution is -2.54. The molecule has 1 fully saturated rings. The number of rotatable bonds is 10. The van der Waals surface area contributed by atoms with Gasteiger partial charge in [-0.25, -0.2) is 0 Å². The van der Waals surface area contributed by atoms with E-state index >= 15 is 0 Å². The summed E-state index contributed by atoms with van der Waals surface area (Å²) in [6.45, 7) is 2.62. The molecule has 0 saturated carbocycles. The van der Waals surface area contributed by atoms with Gasteiger partial charge in [-0.3, -0.25) is 0 Å². The number of aliphatic hydroxyl groups excluding tert-OH is 4. The van der Waals surface area contributed by atoms with Gasteiger partial charge in [0.15, 0.2) is 0 Å². The van der Waals surface area contributed by atoms with Crippen LogP contribution in [0.1, 0.15) is 35.3 Å². The summed E-state index contributed by atoms with van der Waals surface area (Å²) >= 11 is 7.99. The zero-order valence-corrected chi connectivity index (χ0v) is 22.2. The van der Waals surface area contributed by atoms with Crippen LogP contribution in [0.3, 0.4) is 0 Å². The highest BCUT2D eigenvalue weighted by molar-refractivity contribution is 7.99. The minimum Gasteiger partial charge on any atom is -0.494 e. The number of benzene rings is 3. The monoisotopic (exact) mass is 544 g/mol. The van der Waals surface area contributed by atoms with Gasteiger partial charge in [-0.05, 0) is 72.4 Å². The Bertz CT molecular complexity index is 1160. The molecule has 4 rings (SSSR count). The van der Waals surface area contributed by atoms with Gasteiger partial charge in [0.1, 0.15) is 30.2 Å². The standard InChI is InChI=1S/C29H33ClO6S/c1-2-35-22-9-6-19(7-10-22)14-21-16-20(8-11-24(21)30)29-28(34)27(33)26(32)25(36-29)17-37-23-5-3-4-18(15-23)12-13-31/h3-11,15-16,25-29,31-34H,2,12-14,17H2,1H3/t25-,26-,27+,28-,29+/m1/s1. The molecular formula is C29H33ClO6S. The molecule has 37 heavy (non-hydrogen) atoms. The highest BCUT2D eigenvalue weighted by Gasteiger charge is 2.44. The highest BCUT2D eigenvalue weighted by Crippen LogP contribution is 2.36. The second kappa shape index (κ2) is 13.1. The Morgan fingerprint density at radius 2 is 1.70 bits per heavy atom. The minimum absolute atomic E-state index is 0.0754. The van der Waals surface area contributed by atoms with Crippen LogP contribution in [0.25, 0.3) is 0 Å². The molecule has 198 valence electrons. The van der Waals surface area contributed by atoms with Crippen LogP contribution in [0.5, 0.6) is 5.75 Å². The zero-order valence-electron chi connectivity index (χ0n) is 20.7. The van der Waals surface area contributed by atoms with E-state index in [4.69, 9.17) is 21.1 Å². The molecule has 0 unspecified atom stereocenters. The molecule has 3 aromatic carbocycles. The predicted molar refractivity (Wildman–Crippen MR) is 145 cm³/mol. The zero-order chi connectivity index (χ0) is 26.4. The molecule has 0 radical (unpaired) electrons. The maximum absolute atomic E-state index is 10.8. The number of hydrogen-bond donors (Lipinski definition) is 4. The lowest BCUT2D eigenvalue weighted by Gasteiger charge is -2.41. The maximum atomic E-state index is 10.8. The van der Waals surface area contributed by atoms with Crippen LogP contribution in [0.2, 0.25) is 5.02 Å². The first-order valence-electron chi connectivity index (χ1n) is 12.4. The van der Waals surface area contributed by atoms with Crippen LogP contribution in [-0.2, 0) is 17.6 Å². The van der Waals surface area contributed by atoms with Crippen molar-refractivity contribution in [3.63, 3.8) is 0 Å². The fourth-order valence-corrected chi connectivity index (χ4v) is 5.69. The van der Waals surface area contributed by atoms with Crippen molar-refractivity contribution in [3.05, 3.63) is 94.0 Å². The van der Waals surface area contributed by atoms with E-state index in [9.17, 15) is 20.4 Å². The molecule has 6 nitrogen and oxygen atoms in total. The van der Waals surface area contributed by atoms with E-state index in [0.717, 1.165) is 27.3 Å². The molecule has 0 spiro atoms. The Labute approximate surface area is 226 Å². The quantitative estimate of drug-likeness (QED) is 0.284. The van der Waals surface area contributed by atoms with Crippen LogP contribution in [0.15, 0.2) is 71.6 Å². The van der Waals surface area contributed by atoms with Crippen molar-refractivity contribution in [2.24, 2.45) is 0 Å².